The minimum Gasteiger partial charge on any atom is -0.301 e. The summed E-state index contributed by atoms with van der Waals surface area (Å²) in [6.07, 6.45) is 3.51. The highest BCUT2D eigenvalue weighted by Gasteiger charge is 2.25. The van der Waals surface area contributed by atoms with E-state index in [-0.39, 0.29) is 0 Å². The first-order chi connectivity index (χ1) is 14.4. The van der Waals surface area contributed by atoms with E-state index in [2.05, 4.69) is 101 Å². The Morgan fingerprint density at radius 3 is 1.79 bits per heavy atom. The average molecular weight is 385 g/mol. The Kier molecular flexibility index (Phi) is 7.12. The van der Waals surface area contributed by atoms with Crippen LogP contribution in [0.2, 0.25) is 0 Å². The topological polar surface area (TPSA) is 6.48 Å². The molecule has 4 rings (SSSR count). The Morgan fingerprint density at radius 1 is 0.621 bits per heavy atom. The van der Waals surface area contributed by atoms with Crippen molar-refractivity contribution in [2.24, 2.45) is 0 Å². The van der Waals surface area contributed by atoms with Gasteiger partial charge < -0.3 is 4.90 Å². The van der Waals surface area contributed by atoms with Gasteiger partial charge in [0.15, 0.2) is 0 Å². The molecule has 0 aliphatic carbocycles. The highest BCUT2D eigenvalue weighted by atomic mass is 15.3. The summed E-state index contributed by atoms with van der Waals surface area (Å²) < 4.78 is 0. The Morgan fingerprint density at radius 2 is 1.17 bits per heavy atom. The maximum absolute atomic E-state index is 2.69. The van der Waals surface area contributed by atoms with Gasteiger partial charge in [0.1, 0.15) is 0 Å². The molecule has 0 spiro atoms. The smallest absolute Gasteiger partial charge is 0.0389 e. The maximum atomic E-state index is 2.69. The third-order valence-corrected chi connectivity index (χ3v) is 6.09. The van der Waals surface area contributed by atoms with Crippen molar-refractivity contribution in [1.82, 2.24) is 9.80 Å². The molecule has 1 atom stereocenters. The molecule has 1 unspecified atom stereocenters. The van der Waals surface area contributed by atoms with Crippen molar-refractivity contribution in [2.45, 2.75) is 25.3 Å². The Hall–Kier alpha value is -2.42. The molecule has 3 aromatic carbocycles. The van der Waals surface area contributed by atoms with Crippen LogP contribution < -0.4 is 0 Å². The van der Waals surface area contributed by atoms with Gasteiger partial charge in [-0.15, -0.1) is 0 Å². The van der Waals surface area contributed by atoms with E-state index in [1.807, 2.05) is 0 Å². The maximum Gasteiger partial charge on any atom is 0.0389 e. The van der Waals surface area contributed by atoms with Crippen LogP contribution in [0, 0.1) is 0 Å². The van der Waals surface area contributed by atoms with Crippen molar-refractivity contribution < 1.29 is 0 Å². The molecule has 0 saturated carbocycles. The Bertz CT molecular complexity index is 824. The fourth-order valence-electron chi connectivity index (χ4n) is 4.42. The third kappa shape index (κ3) is 5.79. The second-order valence-electron chi connectivity index (χ2n) is 8.08. The number of hydrogen-bond donors (Lipinski definition) is 0. The molecule has 1 saturated heterocycles. The molecule has 2 heteroatoms. The predicted octanol–water partition coefficient (Wildman–Crippen LogP) is 5.22. The summed E-state index contributed by atoms with van der Waals surface area (Å²) in [6, 6.07) is 33.3. The lowest BCUT2D eigenvalue weighted by Crippen LogP contribution is -2.48. The van der Waals surface area contributed by atoms with Gasteiger partial charge in [-0.25, -0.2) is 0 Å². The normalized spacial score (nSPS) is 16.6. The molecule has 1 fully saturated rings. The number of piperazine rings is 1. The molecule has 1 heterocycles. The molecular formula is C27H32N2. The molecule has 0 aromatic heterocycles. The molecule has 0 radical (unpaired) electrons. The van der Waals surface area contributed by atoms with E-state index in [1.165, 1.54) is 49.2 Å². The quantitative estimate of drug-likeness (QED) is 0.525. The molecule has 1 aliphatic heterocycles. The summed E-state index contributed by atoms with van der Waals surface area (Å²) in [5, 5.41) is 0. The standard InChI is InChI=1S/C27H32N2/c1-4-11-24(12-5-1)15-10-18-28-19-21-29(22-20-28)27(26-16-8-3-9-17-26)23-25-13-6-2-7-14-25/h1-9,11-14,16-17,27H,10,15,18-23H2. The highest BCUT2D eigenvalue weighted by Crippen LogP contribution is 2.26. The van der Waals surface area contributed by atoms with E-state index < -0.39 is 0 Å². The fourth-order valence-corrected chi connectivity index (χ4v) is 4.42. The van der Waals surface area contributed by atoms with Crippen LogP contribution >= 0.6 is 0 Å². The van der Waals surface area contributed by atoms with E-state index in [1.54, 1.807) is 0 Å². The minimum absolute atomic E-state index is 0.463. The average Bonchev–Trinajstić information content (AvgIpc) is 2.80. The third-order valence-electron chi connectivity index (χ3n) is 6.09. The molecule has 0 amide bonds. The van der Waals surface area contributed by atoms with Gasteiger partial charge >= 0.3 is 0 Å². The first-order valence-electron chi connectivity index (χ1n) is 11.0. The lowest BCUT2D eigenvalue weighted by atomic mass is 9.96. The van der Waals surface area contributed by atoms with Gasteiger partial charge in [0.2, 0.25) is 0 Å². The zero-order valence-electron chi connectivity index (χ0n) is 17.3. The van der Waals surface area contributed by atoms with Crippen LogP contribution in [-0.2, 0) is 12.8 Å². The van der Waals surface area contributed by atoms with Gasteiger partial charge in [-0.3, -0.25) is 4.90 Å². The van der Waals surface area contributed by atoms with E-state index >= 15 is 0 Å². The zero-order chi connectivity index (χ0) is 19.7. The fraction of sp³-hybridized carbons (Fsp3) is 0.333. The van der Waals surface area contributed by atoms with Crippen LogP contribution in [0.5, 0.6) is 0 Å². The van der Waals surface area contributed by atoms with Gasteiger partial charge in [0, 0.05) is 32.2 Å². The van der Waals surface area contributed by atoms with E-state index in [0.717, 1.165) is 19.5 Å². The number of rotatable bonds is 8. The summed E-state index contributed by atoms with van der Waals surface area (Å²) >= 11 is 0. The molecule has 0 bridgehead atoms. The molecule has 29 heavy (non-hydrogen) atoms. The summed E-state index contributed by atoms with van der Waals surface area (Å²) in [5.74, 6) is 0. The number of hydrogen-bond acceptors (Lipinski definition) is 2. The summed E-state index contributed by atoms with van der Waals surface area (Å²) in [5.41, 5.74) is 4.32. The molecule has 2 nitrogen and oxygen atoms in total. The Balaban J connectivity index is 1.33. The van der Waals surface area contributed by atoms with Gasteiger partial charge in [-0.1, -0.05) is 91.0 Å². The largest absolute Gasteiger partial charge is 0.301 e. The number of nitrogens with zero attached hydrogens (tertiary/aromatic N) is 2. The highest BCUT2D eigenvalue weighted by molar-refractivity contribution is 5.24. The minimum atomic E-state index is 0.463. The molecule has 3 aromatic rings. The SMILES string of the molecule is c1ccc(CCCN2CCN(C(Cc3ccccc3)c3ccccc3)CC2)cc1. The van der Waals surface area contributed by atoms with Crippen LogP contribution in [0.3, 0.4) is 0 Å². The van der Waals surface area contributed by atoms with Crippen molar-refractivity contribution in [1.29, 1.82) is 0 Å². The molecule has 1 aliphatic rings. The van der Waals surface area contributed by atoms with Crippen LogP contribution in [0.25, 0.3) is 0 Å². The number of aryl methyl sites for hydroxylation is 1. The summed E-state index contributed by atoms with van der Waals surface area (Å²) in [6.45, 7) is 5.85. The van der Waals surface area contributed by atoms with Crippen LogP contribution in [0.4, 0.5) is 0 Å². The van der Waals surface area contributed by atoms with E-state index in [4.69, 9.17) is 0 Å². The first kappa shape index (κ1) is 19.9. The monoisotopic (exact) mass is 384 g/mol. The van der Waals surface area contributed by atoms with Crippen molar-refractivity contribution in [3.63, 3.8) is 0 Å². The van der Waals surface area contributed by atoms with Crippen molar-refractivity contribution in [3.8, 4) is 0 Å². The van der Waals surface area contributed by atoms with Crippen LogP contribution in [-0.4, -0.2) is 42.5 Å². The zero-order valence-corrected chi connectivity index (χ0v) is 17.3. The lowest BCUT2D eigenvalue weighted by Gasteiger charge is -2.39. The Labute approximate surface area is 175 Å². The summed E-state index contributed by atoms with van der Waals surface area (Å²) in [7, 11) is 0. The van der Waals surface area contributed by atoms with Crippen molar-refractivity contribution in [3.05, 3.63) is 108 Å². The summed E-state index contributed by atoms with van der Waals surface area (Å²) in [4.78, 5) is 5.33. The van der Waals surface area contributed by atoms with Gasteiger partial charge in [0.05, 0.1) is 0 Å². The predicted molar refractivity (Wildman–Crippen MR) is 122 cm³/mol. The lowest BCUT2D eigenvalue weighted by molar-refractivity contribution is 0.0947. The second-order valence-corrected chi connectivity index (χ2v) is 8.08. The van der Waals surface area contributed by atoms with Gasteiger partial charge in [0.25, 0.3) is 0 Å². The molecule has 150 valence electrons. The van der Waals surface area contributed by atoms with Crippen molar-refractivity contribution >= 4 is 0 Å². The van der Waals surface area contributed by atoms with Gasteiger partial charge in [-0.05, 0) is 42.5 Å². The van der Waals surface area contributed by atoms with Gasteiger partial charge in [-0.2, -0.15) is 0 Å². The van der Waals surface area contributed by atoms with Crippen LogP contribution in [0.1, 0.15) is 29.2 Å². The molecular weight excluding hydrogens is 352 g/mol. The van der Waals surface area contributed by atoms with E-state index in [9.17, 15) is 0 Å². The van der Waals surface area contributed by atoms with Crippen LogP contribution in [0.15, 0.2) is 91.0 Å². The second kappa shape index (κ2) is 10.4. The first-order valence-corrected chi connectivity index (χ1v) is 11.0. The van der Waals surface area contributed by atoms with Crippen molar-refractivity contribution in [2.75, 3.05) is 32.7 Å². The number of benzene rings is 3. The van der Waals surface area contributed by atoms with E-state index in [0.29, 0.717) is 6.04 Å². The molecule has 0 N–H and O–H groups in total.